The number of benzene rings is 2. The summed E-state index contributed by atoms with van der Waals surface area (Å²) in [6.07, 6.45) is 2.76. The van der Waals surface area contributed by atoms with Gasteiger partial charge in [-0.2, -0.15) is 0 Å². The van der Waals surface area contributed by atoms with Crippen molar-refractivity contribution in [2.45, 2.75) is 12.3 Å². The van der Waals surface area contributed by atoms with Gasteiger partial charge in [0.1, 0.15) is 0 Å². The highest BCUT2D eigenvalue weighted by Gasteiger charge is 2.23. The molecule has 2 nitrogen and oxygen atoms in total. The summed E-state index contributed by atoms with van der Waals surface area (Å²) in [5.74, 6) is 0.194. The first-order valence-electron chi connectivity index (χ1n) is 6.73. The summed E-state index contributed by atoms with van der Waals surface area (Å²) in [4.78, 5) is 0. The molecule has 108 valence electrons. The lowest BCUT2D eigenvalue weighted by atomic mass is 9.81. The number of hydrogen-bond donors (Lipinski definition) is 0. The summed E-state index contributed by atoms with van der Waals surface area (Å²) >= 11 is 12.1. The van der Waals surface area contributed by atoms with E-state index in [1.54, 1.807) is 0 Å². The van der Waals surface area contributed by atoms with Gasteiger partial charge in [-0.25, -0.2) is 0 Å². The number of hydrogen-bond acceptors (Lipinski definition) is 2. The van der Waals surface area contributed by atoms with Gasteiger partial charge in [-0.3, -0.25) is 0 Å². The first-order chi connectivity index (χ1) is 10.1. The minimum atomic E-state index is 0.194. The van der Waals surface area contributed by atoms with Crippen molar-refractivity contribution in [1.82, 2.24) is 5.06 Å². The van der Waals surface area contributed by atoms with Crippen LogP contribution in [0.3, 0.4) is 0 Å². The quantitative estimate of drug-likeness (QED) is 0.702. The van der Waals surface area contributed by atoms with Crippen LogP contribution >= 0.6 is 23.2 Å². The van der Waals surface area contributed by atoms with E-state index in [-0.39, 0.29) is 5.92 Å². The van der Waals surface area contributed by atoms with Gasteiger partial charge in [-0.1, -0.05) is 59.6 Å². The fraction of sp³-hybridized carbons (Fsp3) is 0.176. The number of halogens is 2. The van der Waals surface area contributed by atoms with Crippen molar-refractivity contribution >= 4 is 28.9 Å². The lowest BCUT2D eigenvalue weighted by Crippen LogP contribution is -2.16. The molecule has 3 rings (SSSR count). The Morgan fingerprint density at radius 1 is 1.10 bits per heavy atom. The molecule has 0 aromatic heterocycles. The Morgan fingerprint density at radius 2 is 1.86 bits per heavy atom. The maximum absolute atomic E-state index is 11.7. The van der Waals surface area contributed by atoms with Crippen LogP contribution in [0.4, 0.5) is 0 Å². The Hall–Kier alpha value is -1.48. The van der Waals surface area contributed by atoms with Crippen molar-refractivity contribution in [2.24, 2.45) is 0 Å². The lowest BCUT2D eigenvalue weighted by Gasteiger charge is -2.34. The number of allylic oxidation sites excluding steroid dienone is 1. The van der Waals surface area contributed by atoms with E-state index in [1.807, 2.05) is 42.5 Å². The summed E-state index contributed by atoms with van der Waals surface area (Å²) in [6, 6.07) is 13.7. The average molecular weight is 319 g/mol. The molecule has 1 aliphatic carbocycles. The molecule has 21 heavy (non-hydrogen) atoms. The maximum atomic E-state index is 11.7. The van der Waals surface area contributed by atoms with Crippen LogP contribution in [0.15, 0.2) is 48.5 Å². The molecule has 0 radical (unpaired) electrons. The van der Waals surface area contributed by atoms with Crippen molar-refractivity contribution in [3.63, 3.8) is 0 Å². The van der Waals surface area contributed by atoms with E-state index < -0.39 is 0 Å². The fourth-order valence-corrected chi connectivity index (χ4v) is 3.15. The molecular formula is C17H14Cl2NO-. The molecule has 2 aromatic carbocycles. The topological polar surface area (TPSA) is 26.3 Å². The zero-order valence-electron chi connectivity index (χ0n) is 11.5. The van der Waals surface area contributed by atoms with Gasteiger partial charge in [-0.15, -0.1) is 0 Å². The normalized spacial score (nSPS) is 17.1. The summed E-state index contributed by atoms with van der Waals surface area (Å²) in [7, 11) is 1.53. The second-order valence-electron chi connectivity index (χ2n) is 5.14. The fourth-order valence-electron chi connectivity index (χ4n) is 2.84. The lowest BCUT2D eigenvalue weighted by molar-refractivity contribution is 0.643. The standard InChI is InChI=1S/C17H14Cl2NO/c1-20(21)17-9-7-12(13-4-2-3-5-14(13)17)11-6-8-15(18)16(19)10-11/h2-6,8-10,12H,7H2,1H3/q-1. The third-order valence-electron chi connectivity index (χ3n) is 3.84. The molecule has 0 spiro atoms. The molecule has 4 heteroatoms. The van der Waals surface area contributed by atoms with E-state index in [4.69, 9.17) is 23.2 Å². The highest BCUT2D eigenvalue weighted by molar-refractivity contribution is 6.42. The van der Waals surface area contributed by atoms with Gasteiger partial charge in [0.2, 0.25) is 0 Å². The maximum Gasteiger partial charge on any atom is 0.0595 e. The van der Waals surface area contributed by atoms with E-state index in [2.05, 4.69) is 6.07 Å². The molecule has 0 amide bonds. The zero-order valence-corrected chi connectivity index (χ0v) is 13.0. The molecule has 0 bridgehead atoms. The van der Waals surface area contributed by atoms with Gasteiger partial charge in [0.25, 0.3) is 0 Å². The van der Waals surface area contributed by atoms with Gasteiger partial charge >= 0.3 is 0 Å². The van der Waals surface area contributed by atoms with Crippen LogP contribution in [-0.4, -0.2) is 12.1 Å². The van der Waals surface area contributed by atoms with Crippen LogP contribution in [-0.2, 0) is 0 Å². The zero-order chi connectivity index (χ0) is 15.0. The van der Waals surface area contributed by atoms with Gasteiger partial charge in [0.15, 0.2) is 0 Å². The van der Waals surface area contributed by atoms with Crippen LogP contribution in [0.1, 0.15) is 29.0 Å². The minimum absolute atomic E-state index is 0.194. The smallest absolute Gasteiger partial charge is 0.0595 e. The molecular weight excluding hydrogens is 305 g/mol. The Bertz CT molecular complexity index is 710. The SMILES string of the molecule is CN([O-])C1=CCC(c2ccc(Cl)c(Cl)c2)c2ccccc21. The molecule has 0 saturated heterocycles. The minimum Gasteiger partial charge on any atom is -0.758 e. The molecule has 0 fully saturated rings. The number of fused-ring (bicyclic) bond motifs is 1. The molecule has 1 atom stereocenters. The van der Waals surface area contributed by atoms with Gasteiger partial charge in [0, 0.05) is 17.2 Å². The van der Waals surface area contributed by atoms with Crippen molar-refractivity contribution in [2.75, 3.05) is 7.05 Å². The Kier molecular flexibility index (Phi) is 3.94. The monoisotopic (exact) mass is 318 g/mol. The predicted molar refractivity (Wildman–Crippen MR) is 88.5 cm³/mol. The summed E-state index contributed by atoms with van der Waals surface area (Å²) in [5.41, 5.74) is 3.97. The molecule has 0 heterocycles. The van der Waals surface area contributed by atoms with Gasteiger partial charge in [-0.05, 0) is 36.7 Å². The molecule has 1 aliphatic rings. The van der Waals surface area contributed by atoms with E-state index >= 15 is 0 Å². The summed E-state index contributed by atoms with van der Waals surface area (Å²) in [6.45, 7) is 0. The van der Waals surface area contributed by atoms with E-state index in [0.29, 0.717) is 10.0 Å². The molecule has 0 aliphatic heterocycles. The molecule has 0 N–H and O–H groups in total. The Labute approximate surface area is 134 Å². The van der Waals surface area contributed by atoms with E-state index in [0.717, 1.165) is 33.9 Å². The number of hydroxylamine groups is 2. The van der Waals surface area contributed by atoms with Crippen molar-refractivity contribution in [1.29, 1.82) is 0 Å². The van der Waals surface area contributed by atoms with E-state index in [1.165, 1.54) is 7.05 Å². The van der Waals surface area contributed by atoms with E-state index in [9.17, 15) is 5.21 Å². The Morgan fingerprint density at radius 3 is 2.57 bits per heavy atom. The second kappa shape index (κ2) is 5.72. The molecule has 2 aromatic rings. The first-order valence-corrected chi connectivity index (χ1v) is 7.49. The van der Waals surface area contributed by atoms with Crippen LogP contribution in [0.2, 0.25) is 10.0 Å². The molecule has 1 unspecified atom stereocenters. The third kappa shape index (κ3) is 2.67. The van der Waals surface area contributed by atoms with Gasteiger partial charge in [0.05, 0.1) is 10.0 Å². The predicted octanol–water partition coefficient (Wildman–Crippen LogP) is 5.30. The van der Waals surface area contributed by atoms with Crippen molar-refractivity contribution < 1.29 is 0 Å². The highest BCUT2D eigenvalue weighted by Crippen LogP contribution is 2.40. The Balaban J connectivity index is 2.08. The second-order valence-corrected chi connectivity index (χ2v) is 5.95. The largest absolute Gasteiger partial charge is 0.758 e. The summed E-state index contributed by atoms with van der Waals surface area (Å²) in [5, 5.41) is 13.7. The van der Waals surface area contributed by atoms with Gasteiger partial charge < -0.3 is 10.3 Å². The van der Waals surface area contributed by atoms with Crippen molar-refractivity contribution in [3.05, 3.63) is 80.5 Å². The number of rotatable bonds is 2. The summed E-state index contributed by atoms with van der Waals surface area (Å²) < 4.78 is 0. The highest BCUT2D eigenvalue weighted by atomic mass is 35.5. The van der Waals surface area contributed by atoms with Crippen LogP contribution in [0.5, 0.6) is 0 Å². The van der Waals surface area contributed by atoms with Crippen LogP contribution in [0.25, 0.3) is 5.70 Å². The molecule has 0 saturated carbocycles. The third-order valence-corrected chi connectivity index (χ3v) is 4.58. The number of nitrogens with zero attached hydrogens (tertiary/aromatic N) is 1. The van der Waals surface area contributed by atoms with Crippen molar-refractivity contribution in [3.8, 4) is 0 Å². The first kappa shape index (κ1) is 14.5. The average Bonchev–Trinajstić information content (AvgIpc) is 2.49. The van der Waals surface area contributed by atoms with Crippen LogP contribution in [0, 0.1) is 5.21 Å². The van der Waals surface area contributed by atoms with Crippen LogP contribution < -0.4 is 0 Å².